The van der Waals surface area contributed by atoms with Crippen molar-refractivity contribution in [3.05, 3.63) is 59.4 Å². The van der Waals surface area contributed by atoms with Crippen molar-refractivity contribution in [3.8, 4) is 6.07 Å². The van der Waals surface area contributed by atoms with Gasteiger partial charge in [0.25, 0.3) is 15.9 Å². The van der Waals surface area contributed by atoms with E-state index < -0.39 is 15.8 Å². The van der Waals surface area contributed by atoms with Crippen LogP contribution in [-0.4, -0.2) is 32.3 Å². The first-order valence-corrected chi connectivity index (χ1v) is 10.4. The molecule has 3 rings (SSSR count). The third-order valence-electron chi connectivity index (χ3n) is 4.83. The summed E-state index contributed by atoms with van der Waals surface area (Å²) < 4.78 is 41.3. The summed E-state index contributed by atoms with van der Waals surface area (Å²) in [6.07, 6.45) is 1.21. The number of sulfonamides is 1. The average Bonchev–Trinajstić information content (AvgIpc) is 2.69. The molecule has 0 aliphatic carbocycles. The van der Waals surface area contributed by atoms with Gasteiger partial charge < -0.3 is 4.90 Å². The van der Waals surface area contributed by atoms with Crippen LogP contribution in [0.15, 0.2) is 47.4 Å². The molecule has 28 heavy (non-hydrogen) atoms. The fourth-order valence-corrected chi connectivity index (χ4v) is 4.22. The maximum Gasteiger partial charge on any atom is 0.262 e. The van der Waals surface area contributed by atoms with E-state index in [4.69, 9.17) is 5.26 Å². The highest BCUT2D eigenvalue weighted by molar-refractivity contribution is 7.92. The van der Waals surface area contributed by atoms with Crippen LogP contribution < -0.4 is 4.72 Å². The van der Waals surface area contributed by atoms with Gasteiger partial charge in [0.1, 0.15) is 5.82 Å². The number of rotatable bonds is 4. The van der Waals surface area contributed by atoms with Crippen molar-refractivity contribution in [1.82, 2.24) is 4.90 Å². The Hall–Kier alpha value is -2.92. The lowest BCUT2D eigenvalue weighted by Gasteiger charge is -2.29. The lowest BCUT2D eigenvalue weighted by atomic mass is 9.97. The van der Waals surface area contributed by atoms with Crippen LogP contribution in [0.2, 0.25) is 0 Å². The molecular formula is C20H20FN3O3S. The van der Waals surface area contributed by atoms with Crippen LogP contribution in [0.4, 0.5) is 10.1 Å². The molecule has 2 aromatic carbocycles. The zero-order chi connectivity index (χ0) is 20.3. The largest absolute Gasteiger partial charge is 0.339 e. The second-order valence-electron chi connectivity index (χ2n) is 6.76. The average molecular weight is 401 g/mol. The smallest absolute Gasteiger partial charge is 0.262 e. The number of piperidine rings is 1. The second kappa shape index (κ2) is 7.98. The molecule has 146 valence electrons. The summed E-state index contributed by atoms with van der Waals surface area (Å²) in [4.78, 5) is 14.4. The minimum absolute atomic E-state index is 0.0539. The van der Waals surface area contributed by atoms with Gasteiger partial charge in [0, 0.05) is 24.6 Å². The van der Waals surface area contributed by atoms with Gasteiger partial charge in [-0.1, -0.05) is 18.2 Å². The molecular weight excluding hydrogens is 381 g/mol. The predicted molar refractivity (Wildman–Crippen MR) is 103 cm³/mol. The van der Waals surface area contributed by atoms with Crippen LogP contribution in [0.3, 0.4) is 0 Å². The molecule has 2 aromatic rings. The molecule has 1 amide bonds. The molecule has 1 N–H and O–H groups in total. The van der Waals surface area contributed by atoms with Gasteiger partial charge in [-0.25, -0.2) is 12.8 Å². The monoisotopic (exact) mass is 401 g/mol. The quantitative estimate of drug-likeness (QED) is 0.851. The summed E-state index contributed by atoms with van der Waals surface area (Å²) in [5, 5.41) is 8.99. The van der Waals surface area contributed by atoms with E-state index >= 15 is 0 Å². The number of nitrogens with one attached hydrogen (secondary N) is 1. The molecule has 1 heterocycles. The highest BCUT2D eigenvalue weighted by atomic mass is 32.2. The standard InChI is InChI=1S/C20H20FN3O3S/c1-14-6-7-16(28(26,27)23-19-5-3-2-4-18(19)21)12-17(14)20(25)24-10-8-15(13-22)9-11-24/h2-7,12,15,23H,8-11H2,1H3. The van der Waals surface area contributed by atoms with Crippen molar-refractivity contribution in [1.29, 1.82) is 5.26 Å². The summed E-state index contributed by atoms with van der Waals surface area (Å²) in [5.41, 5.74) is 0.776. The van der Waals surface area contributed by atoms with Gasteiger partial charge in [-0.3, -0.25) is 9.52 Å². The zero-order valence-corrected chi connectivity index (χ0v) is 16.2. The van der Waals surface area contributed by atoms with Crippen LogP contribution in [-0.2, 0) is 10.0 Å². The lowest BCUT2D eigenvalue weighted by molar-refractivity contribution is 0.0706. The van der Waals surface area contributed by atoms with Crippen LogP contribution >= 0.6 is 0 Å². The number of hydrogen-bond acceptors (Lipinski definition) is 4. The number of likely N-dealkylation sites (tertiary alicyclic amines) is 1. The van der Waals surface area contributed by atoms with E-state index in [0.29, 0.717) is 31.5 Å². The van der Waals surface area contributed by atoms with Crippen molar-refractivity contribution < 1.29 is 17.6 Å². The van der Waals surface area contributed by atoms with E-state index in [1.807, 2.05) is 0 Å². The Morgan fingerprint density at radius 1 is 1.21 bits per heavy atom. The van der Waals surface area contributed by atoms with Crippen molar-refractivity contribution in [3.63, 3.8) is 0 Å². The van der Waals surface area contributed by atoms with Gasteiger partial charge in [0.05, 0.1) is 16.7 Å². The number of carbonyl (C=O) groups is 1. The van der Waals surface area contributed by atoms with E-state index in [2.05, 4.69) is 10.8 Å². The summed E-state index contributed by atoms with van der Waals surface area (Å²) in [6.45, 7) is 2.65. The number of amides is 1. The SMILES string of the molecule is Cc1ccc(S(=O)(=O)Nc2ccccc2F)cc1C(=O)N1CCC(C#N)CC1. The maximum atomic E-state index is 13.8. The molecule has 8 heteroatoms. The fourth-order valence-electron chi connectivity index (χ4n) is 3.13. The van der Waals surface area contributed by atoms with Crippen LogP contribution in [0, 0.1) is 30.0 Å². The van der Waals surface area contributed by atoms with E-state index in [1.54, 1.807) is 17.9 Å². The number of para-hydroxylation sites is 1. The number of nitriles is 1. The number of benzene rings is 2. The molecule has 0 unspecified atom stereocenters. The molecule has 0 saturated carbocycles. The predicted octanol–water partition coefficient (Wildman–Crippen LogP) is 3.31. The van der Waals surface area contributed by atoms with Gasteiger partial charge in [-0.05, 0) is 49.6 Å². The van der Waals surface area contributed by atoms with Gasteiger partial charge >= 0.3 is 0 Å². The highest BCUT2D eigenvalue weighted by Gasteiger charge is 2.26. The molecule has 0 radical (unpaired) electrons. The van der Waals surface area contributed by atoms with Crippen molar-refractivity contribution in [2.75, 3.05) is 17.8 Å². The Bertz CT molecular complexity index is 1040. The second-order valence-corrected chi connectivity index (χ2v) is 8.44. The van der Waals surface area contributed by atoms with Gasteiger partial charge in [-0.15, -0.1) is 0 Å². The molecule has 1 aliphatic rings. The Morgan fingerprint density at radius 3 is 2.54 bits per heavy atom. The number of hydrogen-bond donors (Lipinski definition) is 1. The Balaban J connectivity index is 1.86. The Morgan fingerprint density at radius 2 is 1.89 bits per heavy atom. The molecule has 6 nitrogen and oxygen atoms in total. The number of halogens is 1. The zero-order valence-electron chi connectivity index (χ0n) is 15.4. The number of anilines is 1. The third-order valence-corrected chi connectivity index (χ3v) is 6.20. The molecule has 0 aromatic heterocycles. The first-order valence-electron chi connectivity index (χ1n) is 8.88. The first kappa shape index (κ1) is 19.8. The van der Waals surface area contributed by atoms with E-state index in [0.717, 1.165) is 6.07 Å². The Kier molecular flexibility index (Phi) is 5.66. The van der Waals surface area contributed by atoms with Gasteiger partial charge in [-0.2, -0.15) is 5.26 Å². The van der Waals surface area contributed by atoms with Crippen molar-refractivity contribution in [2.45, 2.75) is 24.7 Å². The van der Waals surface area contributed by atoms with Gasteiger partial charge in [0.2, 0.25) is 0 Å². The van der Waals surface area contributed by atoms with Crippen molar-refractivity contribution >= 4 is 21.6 Å². The molecule has 1 fully saturated rings. The minimum Gasteiger partial charge on any atom is -0.339 e. The molecule has 1 aliphatic heterocycles. The first-order chi connectivity index (χ1) is 13.3. The molecule has 1 saturated heterocycles. The number of carbonyl (C=O) groups excluding carboxylic acids is 1. The van der Waals surface area contributed by atoms with E-state index in [9.17, 15) is 17.6 Å². The van der Waals surface area contributed by atoms with E-state index in [-0.39, 0.29) is 28.0 Å². The summed E-state index contributed by atoms with van der Waals surface area (Å²) >= 11 is 0. The topological polar surface area (TPSA) is 90.3 Å². The fraction of sp³-hybridized carbons (Fsp3) is 0.300. The van der Waals surface area contributed by atoms with Crippen LogP contribution in [0.5, 0.6) is 0 Å². The normalized spacial score (nSPS) is 15.1. The third kappa shape index (κ3) is 4.15. The summed E-state index contributed by atoms with van der Waals surface area (Å²) in [6, 6.07) is 12.0. The number of nitrogens with zero attached hydrogens (tertiary/aromatic N) is 2. The number of aryl methyl sites for hydroxylation is 1. The van der Waals surface area contributed by atoms with Gasteiger partial charge in [0.15, 0.2) is 0 Å². The molecule has 0 bridgehead atoms. The maximum absolute atomic E-state index is 13.8. The summed E-state index contributed by atoms with van der Waals surface area (Å²) in [5.74, 6) is -1.01. The Labute approximate surface area is 163 Å². The summed E-state index contributed by atoms with van der Waals surface area (Å²) in [7, 11) is -4.06. The molecule has 0 spiro atoms. The van der Waals surface area contributed by atoms with Crippen molar-refractivity contribution in [2.24, 2.45) is 5.92 Å². The minimum atomic E-state index is -4.06. The van der Waals surface area contributed by atoms with E-state index in [1.165, 1.54) is 30.3 Å². The van der Waals surface area contributed by atoms with Crippen LogP contribution in [0.25, 0.3) is 0 Å². The van der Waals surface area contributed by atoms with Crippen LogP contribution in [0.1, 0.15) is 28.8 Å². The molecule has 0 atom stereocenters. The lowest BCUT2D eigenvalue weighted by Crippen LogP contribution is -2.38. The highest BCUT2D eigenvalue weighted by Crippen LogP contribution is 2.24.